The normalized spacial score (nSPS) is 11.9. The van der Waals surface area contributed by atoms with Gasteiger partial charge in [0.1, 0.15) is 18.1 Å². The van der Waals surface area contributed by atoms with Crippen LogP contribution in [0.25, 0.3) is 11.0 Å². The predicted molar refractivity (Wildman–Crippen MR) is 135 cm³/mol. The number of anilines is 1. The second-order valence-electron chi connectivity index (χ2n) is 8.44. The Morgan fingerprint density at radius 3 is 2.40 bits per heavy atom. The van der Waals surface area contributed by atoms with Crippen LogP contribution < -0.4 is 10.2 Å². The Labute approximate surface area is 204 Å². The molecular weight excluding hydrogens is 442 g/mol. The van der Waals surface area contributed by atoms with E-state index in [-0.39, 0.29) is 18.4 Å². The molecule has 8 heteroatoms. The molecule has 0 bridgehead atoms. The molecule has 0 radical (unpaired) electrons. The Bertz CT molecular complexity index is 1300. The Morgan fingerprint density at radius 1 is 1.00 bits per heavy atom. The minimum atomic E-state index is -0.878. The SMILES string of the molecule is COCCNC(=O)C(c1ccccc1)N(C(=O)Cn1nnc2ccccc21)c1cc(C)cc(C)c1. The number of para-hydroxylation sites is 1. The number of hydrogen-bond donors (Lipinski definition) is 1. The fourth-order valence-corrected chi connectivity index (χ4v) is 4.19. The van der Waals surface area contributed by atoms with E-state index < -0.39 is 6.04 Å². The second kappa shape index (κ2) is 10.9. The van der Waals surface area contributed by atoms with E-state index in [0.717, 1.165) is 16.6 Å². The lowest BCUT2D eigenvalue weighted by Gasteiger charge is -2.32. The summed E-state index contributed by atoms with van der Waals surface area (Å²) < 4.78 is 6.67. The average molecular weight is 472 g/mol. The van der Waals surface area contributed by atoms with Crippen LogP contribution in [0.1, 0.15) is 22.7 Å². The summed E-state index contributed by atoms with van der Waals surface area (Å²) >= 11 is 0. The molecule has 0 spiro atoms. The minimum Gasteiger partial charge on any atom is -0.383 e. The van der Waals surface area contributed by atoms with Crippen molar-refractivity contribution in [1.29, 1.82) is 0 Å². The summed E-state index contributed by atoms with van der Waals surface area (Å²) in [6.45, 7) is 4.58. The van der Waals surface area contributed by atoms with Crippen LogP contribution in [0.3, 0.4) is 0 Å². The first-order chi connectivity index (χ1) is 17.0. The number of methoxy groups -OCH3 is 1. The summed E-state index contributed by atoms with van der Waals surface area (Å²) in [7, 11) is 1.58. The number of aromatic nitrogens is 3. The van der Waals surface area contributed by atoms with Gasteiger partial charge in [-0.1, -0.05) is 53.7 Å². The monoisotopic (exact) mass is 471 g/mol. The van der Waals surface area contributed by atoms with Crippen LogP contribution in [-0.2, 0) is 20.9 Å². The molecular formula is C27H29N5O3. The molecule has 1 N–H and O–H groups in total. The first-order valence-corrected chi connectivity index (χ1v) is 11.5. The lowest BCUT2D eigenvalue weighted by atomic mass is 10.0. The van der Waals surface area contributed by atoms with E-state index in [1.807, 2.05) is 86.6 Å². The number of benzene rings is 3. The lowest BCUT2D eigenvalue weighted by Crippen LogP contribution is -2.46. The van der Waals surface area contributed by atoms with Gasteiger partial charge in [-0.3, -0.25) is 14.5 Å². The molecule has 35 heavy (non-hydrogen) atoms. The topological polar surface area (TPSA) is 89.4 Å². The van der Waals surface area contributed by atoms with Crippen LogP contribution in [-0.4, -0.2) is 47.1 Å². The lowest BCUT2D eigenvalue weighted by molar-refractivity contribution is -0.127. The van der Waals surface area contributed by atoms with E-state index in [2.05, 4.69) is 15.6 Å². The standard InChI is InChI=1S/C27H29N5O3/c1-19-15-20(2)17-22(16-19)32(25(33)18-31-24-12-8-7-11-23(24)29-30-31)26(21-9-5-4-6-10-21)27(34)28-13-14-35-3/h4-12,15-17,26H,13-14,18H2,1-3H3,(H,28,34). The van der Waals surface area contributed by atoms with E-state index in [9.17, 15) is 9.59 Å². The van der Waals surface area contributed by atoms with Gasteiger partial charge < -0.3 is 10.1 Å². The summed E-state index contributed by atoms with van der Waals surface area (Å²) in [6.07, 6.45) is 0. The zero-order valence-electron chi connectivity index (χ0n) is 20.1. The molecule has 1 unspecified atom stereocenters. The zero-order chi connectivity index (χ0) is 24.8. The highest BCUT2D eigenvalue weighted by Crippen LogP contribution is 2.30. The van der Waals surface area contributed by atoms with Gasteiger partial charge in [-0.15, -0.1) is 5.10 Å². The van der Waals surface area contributed by atoms with E-state index in [1.54, 1.807) is 16.7 Å². The average Bonchev–Trinajstić information content (AvgIpc) is 3.25. The van der Waals surface area contributed by atoms with Crippen LogP contribution in [0.5, 0.6) is 0 Å². The van der Waals surface area contributed by atoms with Crippen molar-refractivity contribution in [3.8, 4) is 0 Å². The number of carbonyl (C=O) groups excluding carboxylic acids is 2. The molecule has 4 aromatic rings. The fraction of sp³-hybridized carbons (Fsp3) is 0.259. The highest BCUT2D eigenvalue weighted by Gasteiger charge is 2.33. The van der Waals surface area contributed by atoms with E-state index in [4.69, 9.17) is 4.74 Å². The first-order valence-electron chi connectivity index (χ1n) is 11.5. The summed E-state index contributed by atoms with van der Waals surface area (Å²) in [5.74, 6) is -0.564. The van der Waals surface area contributed by atoms with Gasteiger partial charge in [0.25, 0.3) is 0 Å². The van der Waals surface area contributed by atoms with Gasteiger partial charge in [0.2, 0.25) is 11.8 Å². The molecule has 0 saturated heterocycles. The highest BCUT2D eigenvalue weighted by atomic mass is 16.5. The number of ether oxygens (including phenoxy) is 1. The third kappa shape index (κ3) is 5.55. The molecule has 4 rings (SSSR count). The number of hydrogen-bond acceptors (Lipinski definition) is 5. The maximum Gasteiger partial charge on any atom is 0.249 e. The fourth-order valence-electron chi connectivity index (χ4n) is 4.19. The first kappa shape index (κ1) is 24.1. The molecule has 0 aliphatic rings. The molecule has 2 amide bonds. The van der Waals surface area contributed by atoms with Crippen molar-refractivity contribution in [3.63, 3.8) is 0 Å². The van der Waals surface area contributed by atoms with Crippen molar-refractivity contribution in [2.45, 2.75) is 26.4 Å². The summed E-state index contributed by atoms with van der Waals surface area (Å²) in [5.41, 5.74) is 4.80. The predicted octanol–water partition coefficient (Wildman–Crippen LogP) is 3.59. The quantitative estimate of drug-likeness (QED) is 0.377. The Morgan fingerprint density at radius 2 is 1.69 bits per heavy atom. The van der Waals surface area contributed by atoms with Crippen molar-refractivity contribution in [2.75, 3.05) is 25.2 Å². The summed E-state index contributed by atoms with van der Waals surface area (Å²) in [5, 5.41) is 11.3. The van der Waals surface area contributed by atoms with Gasteiger partial charge >= 0.3 is 0 Å². The van der Waals surface area contributed by atoms with Crippen LogP contribution in [0.2, 0.25) is 0 Å². The molecule has 3 aromatic carbocycles. The Balaban J connectivity index is 1.79. The third-order valence-corrected chi connectivity index (χ3v) is 5.69. The van der Waals surface area contributed by atoms with Crippen LogP contribution in [0.15, 0.2) is 72.8 Å². The van der Waals surface area contributed by atoms with Crippen molar-refractivity contribution in [2.24, 2.45) is 0 Å². The van der Waals surface area contributed by atoms with Gasteiger partial charge in [-0.2, -0.15) is 0 Å². The molecule has 180 valence electrons. The molecule has 1 aromatic heterocycles. The van der Waals surface area contributed by atoms with E-state index in [0.29, 0.717) is 29.9 Å². The van der Waals surface area contributed by atoms with Gasteiger partial charge in [0.05, 0.1) is 12.1 Å². The number of fused-ring (bicyclic) bond motifs is 1. The van der Waals surface area contributed by atoms with Crippen molar-refractivity contribution >= 4 is 28.5 Å². The number of nitrogens with zero attached hydrogens (tertiary/aromatic N) is 4. The number of rotatable bonds is 9. The smallest absolute Gasteiger partial charge is 0.249 e. The van der Waals surface area contributed by atoms with E-state index >= 15 is 0 Å². The molecule has 0 fully saturated rings. The van der Waals surface area contributed by atoms with Gasteiger partial charge in [0.15, 0.2) is 0 Å². The summed E-state index contributed by atoms with van der Waals surface area (Å²) in [4.78, 5) is 29.0. The number of carbonyl (C=O) groups is 2. The molecule has 0 aliphatic heterocycles. The van der Waals surface area contributed by atoms with Gasteiger partial charge in [-0.25, -0.2) is 4.68 Å². The third-order valence-electron chi connectivity index (χ3n) is 5.69. The zero-order valence-corrected chi connectivity index (χ0v) is 20.1. The second-order valence-corrected chi connectivity index (χ2v) is 8.44. The van der Waals surface area contributed by atoms with Crippen LogP contribution >= 0.6 is 0 Å². The number of amides is 2. The van der Waals surface area contributed by atoms with Crippen LogP contribution in [0.4, 0.5) is 5.69 Å². The Hall–Kier alpha value is -4.04. The Kier molecular flexibility index (Phi) is 7.52. The maximum atomic E-state index is 14.0. The molecule has 1 heterocycles. The van der Waals surface area contributed by atoms with Crippen molar-refractivity contribution in [1.82, 2.24) is 20.3 Å². The highest BCUT2D eigenvalue weighted by molar-refractivity contribution is 6.01. The number of nitrogens with one attached hydrogen (secondary N) is 1. The van der Waals surface area contributed by atoms with Crippen molar-refractivity contribution < 1.29 is 14.3 Å². The molecule has 1 atom stereocenters. The molecule has 0 aliphatic carbocycles. The molecule has 0 saturated carbocycles. The summed E-state index contributed by atoms with van der Waals surface area (Å²) in [6, 6.07) is 21.8. The van der Waals surface area contributed by atoms with Crippen molar-refractivity contribution in [3.05, 3.63) is 89.5 Å². The number of aryl methyl sites for hydroxylation is 2. The minimum absolute atomic E-state index is 0.0673. The maximum absolute atomic E-state index is 14.0. The largest absolute Gasteiger partial charge is 0.383 e. The van der Waals surface area contributed by atoms with Gasteiger partial charge in [0, 0.05) is 19.3 Å². The van der Waals surface area contributed by atoms with E-state index in [1.165, 1.54) is 0 Å². The van der Waals surface area contributed by atoms with Crippen LogP contribution in [0, 0.1) is 13.8 Å². The van der Waals surface area contributed by atoms with Gasteiger partial charge in [-0.05, 0) is 54.8 Å². The molecule has 8 nitrogen and oxygen atoms in total.